The normalized spacial score (nSPS) is 10.7. The van der Waals surface area contributed by atoms with Gasteiger partial charge in [-0.15, -0.1) is 0 Å². The van der Waals surface area contributed by atoms with Gasteiger partial charge in [0.1, 0.15) is 5.75 Å². The Morgan fingerprint density at radius 1 is 1.48 bits per heavy atom. The highest BCUT2D eigenvalue weighted by Gasteiger charge is 2.14. The summed E-state index contributed by atoms with van der Waals surface area (Å²) in [5.74, 6) is 0.505. The van der Waals surface area contributed by atoms with Gasteiger partial charge in [0.15, 0.2) is 0 Å². The number of aromatic nitrogens is 2. The number of carbonyl (C=O) groups excluding carboxylic acids is 1. The van der Waals surface area contributed by atoms with E-state index < -0.39 is 0 Å². The van der Waals surface area contributed by atoms with Crippen molar-refractivity contribution in [3.8, 4) is 11.8 Å². The predicted molar refractivity (Wildman–Crippen MR) is 81.1 cm³/mol. The highest BCUT2D eigenvalue weighted by Crippen LogP contribution is 2.31. The molecule has 1 N–H and O–H groups in total. The third-order valence-corrected chi connectivity index (χ3v) is 3.26. The molecule has 7 heteroatoms. The molecule has 2 aromatic rings. The molecule has 0 spiro atoms. The average Bonchev–Trinajstić information content (AvgIpc) is 2.75. The lowest BCUT2D eigenvalue weighted by atomic mass is 10.3. The molecule has 114 valence electrons. The highest BCUT2D eigenvalue weighted by molar-refractivity contribution is 6.32. The van der Waals surface area contributed by atoms with Gasteiger partial charge in [-0.3, -0.25) is 9.36 Å². The number of methoxy groups -OCH3 is 1. The molecule has 21 heavy (non-hydrogen) atoms. The number of nitrogens with zero attached hydrogens (tertiary/aromatic N) is 2. The van der Waals surface area contributed by atoms with E-state index in [-0.39, 0.29) is 5.91 Å². The van der Waals surface area contributed by atoms with Crippen LogP contribution in [0.15, 0.2) is 12.1 Å². The molecule has 1 aromatic heterocycles. The van der Waals surface area contributed by atoms with E-state index in [4.69, 9.17) is 21.1 Å². The summed E-state index contributed by atoms with van der Waals surface area (Å²) in [6, 6.07) is 4.07. The van der Waals surface area contributed by atoms with Gasteiger partial charge in [-0.2, -0.15) is 4.98 Å². The van der Waals surface area contributed by atoms with Crippen LogP contribution in [0.3, 0.4) is 0 Å². The molecule has 0 saturated carbocycles. The van der Waals surface area contributed by atoms with Crippen molar-refractivity contribution in [2.45, 2.75) is 20.4 Å². The maximum absolute atomic E-state index is 11.0. The van der Waals surface area contributed by atoms with Crippen molar-refractivity contribution in [3.63, 3.8) is 0 Å². The molecule has 0 radical (unpaired) electrons. The third kappa shape index (κ3) is 3.39. The Morgan fingerprint density at radius 2 is 2.24 bits per heavy atom. The van der Waals surface area contributed by atoms with Crippen molar-refractivity contribution in [2.75, 3.05) is 20.3 Å². The van der Waals surface area contributed by atoms with Gasteiger partial charge in [-0.25, -0.2) is 0 Å². The van der Waals surface area contributed by atoms with Crippen molar-refractivity contribution in [1.82, 2.24) is 14.9 Å². The minimum atomic E-state index is -0.0713. The average molecular weight is 312 g/mol. The van der Waals surface area contributed by atoms with E-state index in [0.29, 0.717) is 36.5 Å². The zero-order valence-electron chi connectivity index (χ0n) is 12.3. The Hall–Kier alpha value is -1.95. The third-order valence-electron chi connectivity index (χ3n) is 2.97. The Balaban J connectivity index is 2.42. The van der Waals surface area contributed by atoms with Crippen LogP contribution in [0, 0.1) is 0 Å². The number of halogens is 1. The Labute approximate surface area is 128 Å². The molecule has 0 atom stereocenters. The maximum Gasteiger partial charge on any atom is 0.297 e. The molecule has 1 amide bonds. The van der Waals surface area contributed by atoms with E-state index in [1.807, 2.05) is 17.6 Å². The molecule has 1 heterocycles. The van der Waals surface area contributed by atoms with Crippen molar-refractivity contribution >= 4 is 28.5 Å². The van der Waals surface area contributed by atoms with Gasteiger partial charge in [-0.05, 0) is 13.0 Å². The van der Waals surface area contributed by atoms with Crippen LogP contribution in [0.5, 0.6) is 11.8 Å². The van der Waals surface area contributed by atoms with Gasteiger partial charge in [-0.1, -0.05) is 11.6 Å². The van der Waals surface area contributed by atoms with Crippen LogP contribution in [0.1, 0.15) is 13.8 Å². The molecular formula is C14H18ClN3O3. The first-order chi connectivity index (χ1) is 10.1. The standard InChI is InChI=1S/C14H18ClN3O3/c1-4-21-14-17-11-7-10(15)13(20-3)8-12(11)18(14)6-5-16-9(2)19/h7-8H,4-6H2,1-3H3,(H,16,19). The second kappa shape index (κ2) is 6.67. The van der Waals surface area contributed by atoms with Crippen LogP contribution in [0.4, 0.5) is 0 Å². The Bertz CT molecular complexity index is 654. The fourth-order valence-corrected chi connectivity index (χ4v) is 2.29. The first-order valence-electron chi connectivity index (χ1n) is 6.67. The molecule has 0 unspecified atom stereocenters. The lowest BCUT2D eigenvalue weighted by Gasteiger charge is -2.10. The summed E-state index contributed by atoms with van der Waals surface area (Å²) in [7, 11) is 1.56. The van der Waals surface area contributed by atoms with Gasteiger partial charge in [0.25, 0.3) is 6.01 Å². The SMILES string of the molecule is CCOc1nc2cc(Cl)c(OC)cc2n1CCNC(C)=O. The first-order valence-corrected chi connectivity index (χ1v) is 7.05. The van der Waals surface area contributed by atoms with E-state index in [1.165, 1.54) is 6.92 Å². The van der Waals surface area contributed by atoms with E-state index >= 15 is 0 Å². The number of hydrogen-bond donors (Lipinski definition) is 1. The van der Waals surface area contributed by atoms with Gasteiger partial charge in [0.05, 0.1) is 29.8 Å². The van der Waals surface area contributed by atoms with Gasteiger partial charge in [0, 0.05) is 26.1 Å². The Morgan fingerprint density at radius 3 is 2.86 bits per heavy atom. The van der Waals surface area contributed by atoms with E-state index in [2.05, 4.69) is 10.3 Å². The minimum absolute atomic E-state index is 0.0713. The molecule has 6 nitrogen and oxygen atoms in total. The molecule has 1 aromatic carbocycles. The summed E-state index contributed by atoms with van der Waals surface area (Å²) >= 11 is 6.12. The van der Waals surface area contributed by atoms with Crippen LogP contribution < -0.4 is 14.8 Å². The second-order valence-corrected chi connectivity index (χ2v) is 4.84. The first kappa shape index (κ1) is 15.4. The number of rotatable bonds is 6. The number of benzene rings is 1. The zero-order valence-corrected chi connectivity index (χ0v) is 13.0. The number of carbonyl (C=O) groups is 1. The van der Waals surface area contributed by atoms with Crippen LogP contribution in [0.2, 0.25) is 5.02 Å². The fourth-order valence-electron chi connectivity index (χ4n) is 2.06. The summed E-state index contributed by atoms with van der Waals surface area (Å²) in [6.45, 7) is 4.93. The number of nitrogens with one attached hydrogen (secondary N) is 1. The monoisotopic (exact) mass is 311 g/mol. The van der Waals surface area contributed by atoms with Gasteiger partial charge >= 0.3 is 0 Å². The van der Waals surface area contributed by atoms with Crippen molar-refractivity contribution in [3.05, 3.63) is 17.2 Å². The summed E-state index contributed by atoms with van der Waals surface area (Å²) in [5.41, 5.74) is 1.58. The van der Waals surface area contributed by atoms with E-state index in [1.54, 1.807) is 13.2 Å². The summed E-state index contributed by atoms with van der Waals surface area (Å²) < 4.78 is 12.7. The van der Waals surface area contributed by atoms with E-state index in [0.717, 1.165) is 11.0 Å². The quantitative estimate of drug-likeness (QED) is 0.888. The van der Waals surface area contributed by atoms with Crippen LogP contribution in [0.25, 0.3) is 11.0 Å². The van der Waals surface area contributed by atoms with Crippen LogP contribution in [-0.4, -0.2) is 35.7 Å². The summed E-state index contributed by atoms with van der Waals surface area (Å²) in [5, 5.41) is 3.26. The largest absolute Gasteiger partial charge is 0.495 e. The predicted octanol–water partition coefficient (Wildman–Crippen LogP) is 2.23. The van der Waals surface area contributed by atoms with Crippen LogP contribution >= 0.6 is 11.6 Å². The molecule has 0 aliphatic carbocycles. The lowest BCUT2D eigenvalue weighted by molar-refractivity contribution is -0.118. The Kier molecular flexibility index (Phi) is 4.90. The van der Waals surface area contributed by atoms with Gasteiger partial charge < -0.3 is 14.8 Å². The fraction of sp³-hybridized carbons (Fsp3) is 0.429. The van der Waals surface area contributed by atoms with Crippen molar-refractivity contribution in [1.29, 1.82) is 0 Å². The second-order valence-electron chi connectivity index (χ2n) is 4.44. The topological polar surface area (TPSA) is 65.4 Å². The number of imidazole rings is 1. The molecule has 0 saturated heterocycles. The number of ether oxygens (including phenoxy) is 2. The van der Waals surface area contributed by atoms with Crippen molar-refractivity contribution in [2.24, 2.45) is 0 Å². The molecular weight excluding hydrogens is 294 g/mol. The molecule has 0 aliphatic rings. The summed E-state index contributed by atoms with van der Waals surface area (Å²) in [6.07, 6.45) is 0. The molecule has 0 aliphatic heterocycles. The smallest absolute Gasteiger partial charge is 0.297 e. The van der Waals surface area contributed by atoms with E-state index in [9.17, 15) is 4.79 Å². The highest BCUT2D eigenvalue weighted by atomic mass is 35.5. The minimum Gasteiger partial charge on any atom is -0.495 e. The lowest BCUT2D eigenvalue weighted by Crippen LogP contribution is -2.24. The summed E-state index contributed by atoms with van der Waals surface area (Å²) in [4.78, 5) is 15.4. The molecule has 2 rings (SSSR count). The van der Waals surface area contributed by atoms with Gasteiger partial charge in [0.2, 0.25) is 5.91 Å². The number of amides is 1. The molecule has 0 bridgehead atoms. The van der Waals surface area contributed by atoms with Crippen LogP contribution in [-0.2, 0) is 11.3 Å². The maximum atomic E-state index is 11.0. The number of fused-ring (bicyclic) bond motifs is 1. The zero-order chi connectivity index (χ0) is 15.4. The number of hydrogen-bond acceptors (Lipinski definition) is 4. The molecule has 0 fully saturated rings. The van der Waals surface area contributed by atoms with Crippen molar-refractivity contribution < 1.29 is 14.3 Å².